The van der Waals surface area contributed by atoms with Gasteiger partial charge in [-0.1, -0.05) is 0 Å². The van der Waals surface area contributed by atoms with Gasteiger partial charge in [0.15, 0.2) is 0 Å². The largest absolute Gasteiger partial charge is 0.382 e. The molecular formula is C14H19N3O. The number of nitrogens with two attached hydrogens (primary N) is 1. The van der Waals surface area contributed by atoms with Crippen LogP contribution < -0.4 is 16.4 Å². The first-order valence-corrected chi connectivity index (χ1v) is 6.65. The molecule has 1 heterocycles. The smallest absolute Gasteiger partial charge is 0.228 e. The lowest BCUT2D eigenvalue weighted by Gasteiger charge is -2.27. The number of carbonyl (C=O) groups excluding carboxylic acids is 1. The third-order valence-corrected chi connectivity index (χ3v) is 3.87. The van der Waals surface area contributed by atoms with Crippen LogP contribution in [-0.4, -0.2) is 18.0 Å². The number of rotatable bonds is 2. The van der Waals surface area contributed by atoms with Crippen molar-refractivity contribution in [3.63, 3.8) is 0 Å². The molecule has 0 radical (unpaired) electrons. The van der Waals surface area contributed by atoms with E-state index in [1.807, 2.05) is 12.1 Å². The van der Waals surface area contributed by atoms with Crippen LogP contribution in [0.15, 0.2) is 18.2 Å². The van der Waals surface area contributed by atoms with E-state index in [0.29, 0.717) is 18.5 Å². The van der Waals surface area contributed by atoms with Crippen LogP contribution in [0.4, 0.5) is 11.4 Å². The molecule has 1 amide bonds. The molecule has 4 heteroatoms. The average molecular weight is 245 g/mol. The zero-order valence-corrected chi connectivity index (χ0v) is 10.4. The lowest BCUT2D eigenvalue weighted by molar-refractivity contribution is -0.115. The Morgan fingerprint density at radius 2 is 2.00 bits per heavy atom. The Kier molecular flexibility index (Phi) is 2.96. The van der Waals surface area contributed by atoms with E-state index in [0.717, 1.165) is 42.6 Å². The number of amides is 1. The van der Waals surface area contributed by atoms with Crippen LogP contribution in [0, 0.1) is 0 Å². The Morgan fingerprint density at radius 3 is 2.78 bits per heavy atom. The van der Waals surface area contributed by atoms with E-state index >= 15 is 0 Å². The van der Waals surface area contributed by atoms with Crippen LogP contribution in [0.3, 0.4) is 0 Å². The van der Waals surface area contributed by atoms with Gasteiger partial charge in [-0.25, -0.2) is 0 Å². The second-order valence-electron chi connectivity index (χ2n) is 5.35. The van der Waals surface area contributed by atoms with E-state index in [1.165, 1.54) is 0 Å². The van der Waals surface area contributed by atoms with Gasteiger partial charge in [-0.2, -0.15) is 0 Å². The second-order valence-corrected chi connectivity index (χ2v) is 5.35. The van der Waals surface area contributed by atoms with Gasteiger partial charge in [-0.15, -0.1) is 0 Å². The van der Waals surface area contributed by atoms with Gasteiger partial charge < -0.3 is 16.4 Å². The summed E-state index contributed by atoms with van der Waals surface area (Å²) in [5, 5.41) is 6.40. The lowest BCUT2D eigenvalue weighted by atomic mass is 9.91. The Morgan fingerprint density at radius 1 is 1.22 bits per heavy atom. The molecule has 0 spiro atoms. The van der Waals surface area contributed by atoms with E-state index < -0.39 is 0 Å². The zero-order chi connectivity index (χ0) is 12.5. The third-order valence-electron chi connectivity index (χ3n) is 3.87. The zero-order valence-electron chi connectivity index (χ0n) is 10.4. The fourth-order valence-electron chi connectivity index (χ4n) is 2.82. The highest BCUT2D eigenvalue weighted by molar-refractivity contribution is 5.99. The van der Waals surface area contributed by atoms with Crippen molar-refractivity contribution < 1.29 is 4.79 Å². The van der Waals surface area contributed by atoms with Crippen molar-refractivity contribution in [3.05, 3.63) is 23.8 Å². The molecule has 2 aliphatic rings. The van der Waals surface area contributed by atoms with Gasteiger partial charge in [0, 0.05) is 23.5 Å². The normalized spacial score (nSPS) is 26.6. The van der Waals surface area contributed by atoms with Crippen LogP contribution >= 0.6 is 0 Å². The van der Waals surface area contributed by atoms with Crippen LogP contribution in [0.1, 0.15) is 31.2 Å². The van der Waals surface area contributed by atoms with Gasteiger partial charge in [-0.3, -0.25) is 4.79 Å². The van der Waals surface area contributed by atoms with Crippen molar-refractivity contribution >= 4 is 17.3 Å². The molecule has 1 saturated carbocycles. The highest BCUT2D eigenvalue weighted by Gasteiger charge is 2.20. The number of hydrogen-bond acceptors (Lipinski definition) is 3. The van der Waals surface area contributed by atoms with Crippen LogP contribution in [-0.2, 0) is 11.2 Å². The quantitative estimate of drug-likeness (QED) is 0.745. The van der Waals surface area contributed by atoms with E-state index in [9.17, 15) is 4.79 Å². The molecule has 4 N–H and O–H groups in total. The third kappa shape index (κ3) is 2.34. The van der Waals surface area contributed by atoms with Gasteiger partial charge in [0.05, 0.1) is 6.42 Å². The maximum Gasteiger partial charge on any atom is 0.228 e. The van der Waals surface area contributed by atoms with Gasteiger partial charge in [0.2, 0.25) is 5.91 Å². The number of nitrogens with one attached hydrogen (secondary N) is 2. The Balaban J connectivity index is 1.67. The van der Waals surface area contributed by atoms with E-state index in [2.05, 4.69) is 16.7 Å². The minimum absolute atomic E-state index is 0.0887. The molecule has 96 valence electrons. The SMILES string of the molecule is NC1CCC(Nc2ccc3c(c2)CC(=O)N3)CC1. The molecule has 0 unspecified atom stereocenters. The highest BCUT2D eigenvalue weighted by atomic mass is 16.1. The van der Waals surface area contributed by atoms with Gasteiger partial charge in [0.1, 0.15) is 0 Å². The van der Waals surface area contributed by atoms with Crippen molar-refractivity contribution in [1.82, 2.24) is 0 Å². The molecule has 0 saturated heterocycles. The maximum absolute atomic E-state index is 11.3. The number of benzene rings is 1. The standard InChI is InChI=1S/C14H19N3O/c15-10-1-3-11(4-2-10)16-12-5-6-13-9(7-12)8-14(18)17-13/h5-7,10-11,16H,1-4,8,15H2,(H,17,18). The fourth-order valence-corrected chi connectivity index (χ4v) is 2.82. The van der Waals surface area contributed by atoms with Crippen molar-refractivity contribution in [1.29, 1.82) is 0 Å². The summed E-state index contributed by atoms with van der Waals surface area (Å²) in [4.78, 5) is 11.3. The summed E-state index contributed by atoms with van der Waals surface area (Å²) in [7, 11) is 0. The monoisotopic (exact) mass is 245 g/mol. The van der Waals surface area contributed by atoms with Crippen molar-refractivity contribution in [3.8, 4) is 0 Å². The first-order chi connectivity index (χ1) is 8.70. The molecule has 1 aromatic carbocycles. The second kappa shape index (κ2) is 4.61. The fraction of sp³-hybridized carbons (Fsp3) is 0.500. The summed E-state index contributed by atoms with van der Waals surface area (Å²) in [6.45, 7) is 0. The minimum atomic E-state index is 0.0887. The Hall–Kier alpha value is -1.55. The van der Waals surface area contributed by atoms with Crippen molar-refractivity contribution in [2.24, 2.45) is 5.73 Å². The molecule has 18 heavy (non-hydrogen) atoms. The van der Waals surface area contributed by atoms with Crippen LogP contribution in [0.25, 0.3) is 0 Å². The first kappa shape index (κ1) is 11.5. The number of hydrogen-bond donors (Lipinski definition) is 3. The molecule has 1 fully saturated rings. The summed E-state index contributed by atoms with van der Waals surface area (Å²) in [6, 6.07) is 7.01. The highest BCUT2D eigenvalue weighted by Crippen LogP contribution is 2.28. The summed E-state index contributed by atoms with van der Waals surface area (Å²) < 4.78 is 0. The molecule has 1 aromatic rings. The van der Waals surface area contributed by atoms with Gasteiger partial charge >= 0.3 is 0 Å². The maximum atomic E-state index is 11.3. The predicted octanol–water partition coefficient (Wildman–Crippen LogP) is 1.86. The molecule has 0 atom stereocenters. The van der Waals surface area contributed by atoms with Crippen LogP contribution in [0.2, 0.25) is 0 Å². The molecule has 1 aliphatic heterocycles. The summed E-state index contributed by atoms with van der Waals surface area (Å²) in [5.74, 6) is 0.0887. The summed E-state index contributed by atoms with van der Waals surface area (Å²) in [5.41, 5.74) is 9.07. The Bertz CT molecular complexity index is 464. The molecule has 1 aliphatic carbocycles. The Labute approximate surface area is 107 Å². The molecular weight excluding hydrogens is 226 g/mol. The number of carbonyl (C=O) groups is 1. The van der Waals surface area contributed by atoms with Gasteiger partial charge in [-0.05, 0) is 49.4 Å². The van der Waals surface area contributed by atoms with Crippen LogP contribution in [0.5, 0.6) is 0 Å². The molecule has 0 bridgehead atoms. The minimum Gasteiger partial charge on any atom is -0.382 e. The van der Waals surface area contributed by atoms with Gasteiger partial charge in [0.25, 0.3) is 0 Å². The average Bonchev–Trinajstić information content (AvgIpc) is 2.71. The van der Waals surface area contributed by atoms with Crippen molar-refractivity contribution in [2.75, 3.05) is 10.6 Å². The van der Waals surface area contributed by atoms with E-state index in [4.69, 9.17) is 5.73 Å². The van der Waals surface area contributed by atoms with E-state index in [1.54, 1.807) is 0 Å². The first-order valence-electron chi connectivity index (χ1n) is 6.65. The summed E-state index contributed by atoms with van der Waals surface area (Å²) in [6.07, 6.45) is 4.97. The summed E-state index contributed by atoms with van der Waals surface area (Å²) >= 11 is 0. The number of fused-ring (bicyclic) bond motifs is 1. The molecule has 3 rings (SSSR count). The molecule has 0 aromatic heterocycles. The molecule has 4 nitrogen and oxygen atoms in total. The topological polar surface area (TPSA) is 67.1 Å². The lowest BCUT2D eigenvalue weighted by Crippen LogP contribution is -2.32. The predicted molar refractivity (Wildman–Crippen MR) is 72.6 cm³/mol. The number of anilines is 2. The van der Waals surface area contributed by atoms with Crippen molar-refractivity contribution in [2.45, 2.75) is 44.2 Å². The van der Waals surface area contributed by atoms with E-state index in [-0.39, 0.29) is 5.91 Å².